The van der Waals surface area contributed by atoms with E-state index >= 15 is 0 Å². The van der Waals surface area contributed by atoms with Gasteiger partial charge in [0.05, 0.1) is 28.0 Å². The molecule has 9 heteroatoms. The second-order valence-corrected chi connectivity index (χ2v) is 7.21. The highest BCUT2D eigenvalue weighted by atomic mass is 35.5. The molecule has 28 heavy (non-hydrogen) atoms. The summed E-state index contributed by atoms with van der Waals surface area (Å²) in [6, 6.07) is 8.88. The van der Waals surface area contributed by atoms with Crippen LogP contribution >= 0.6 is 23.2 Å². The third-order valence-corrected chi connectivity index (χ3v) is 4.70. The SMILES string of the molecule is Cc1cc(C)n(-c2ccc(Cl)c(C(=O)NCc3cn4cc(Cl)ccc4n3)n2)n1. The fourth-order valence-corrected chi connectivity index (χ4v) is 3.29. The minimum atomic E-state index is -0.386. The lowest BCUT2D eigenvalue weighted by atomic mass is 10.3. The van der Waals surface area contributed by atoms with Gasteiger partial charge in [-0.15, -0.1) is 0 Å². The molecule has 0 atom stereocenters. The Morgan fingerprint density at radius 3 is 2.68 bits per heavy atom. The van der Waals surface area contributed by atoms with E-state index < -0.39 is 0 Å². The topological polar surface area (TPSA) is 77.1 Å². The van der Waals surface area contributed by atoms with E-state index in [1.54, 1.807) is 33.5 Å². The number of rotatable bonds is 4. The van der Waals surface area contributed by atoms with Crippen molar-refractivity contribution in [3.63, 3.8) is 0 Å². The highest BCUT2D eigenvalue weighted by Crippen LogP contribution is 2.18. The van der Waals surface area contributed by atoms with Gasteiger partial charge in [0.2, 0.25) is 0 Å². The van der Waals surface area contributed by atoms with Crippen LogP contribution in [0.4, 0.5) is 0 Å². The first-order valence-electron chi connectivity index (χ1n) is 8.52. The van der Waals surface area contributed by atoms with Crippen LogP contribution in [0.1, 0.15) is 27.6 Å². The Bertz CT molecular complexity index is 1200. The smallest absolute Gasteiger partial charge is 0.271 e. The first-order chi connectivity index (χ1) is 13.4. The standard InChI is InChI=1S/C19H16Cl2N6O/c1-11-7-12(2)27(25-11)17-6-4-15(21)18(24-17)19(28)22-8-14-10-26-9-13(20)3-5-16(26)23-14/h3-7,9-10H,8H2,1-2H3,(H,22,28). The molecule has 0 aliphatic heterocycles. The number of carbonyl (C=O) groups excluding carboxylic acids is 1. The van der Waals surface area contributed by atoms with Crippen LogP contribution in [-0.4, -0.2) is 30.1 Å². The molecule has 0 spiro atoms. The molecule has 7 nitrogen and oxygen atoms in total. The van der Waals surface area contributed by atoms with Crippen molar-refractivity contribution >= 4 is 34.8 Å². The second-order valence-electron chi connectivity index (χ2n) is 6.37. The zero-order valence-corrected chi connectivity index (χ0v) is 16.7. The van der Waals surface area contributed by atoms with Crippen LogP contribution in [0.25, 0.3) is 11.5 Å². The zero-order chi connectivity index (χ0) is 19.8. The molecule has 0 aliphatic rings. The first-order valence-corrected chi connectivity index (χ1v) is 9.28. The molecule has 4 rings (SSSR count). The lowest BCUT2D eigenvalue weighted by molar-refractivity contribution is 0.0945. The number of hydrogen-bond donors (Lipinski definition) is 1. The minimum Gasteiger partial charge on any atom is -0.345 e. The van der Waals surface area contributed by atoms with Gasteiger partial charge >= 0.3 is 0 Å². The summed E-state index contributed by atoms with van der Waals surface area (Å²) in [5.74, 6) is 0.144. The molecular formula is C19H16Cl2N6O. The van der Waals surface area contributed by atoms with Gasteiger partial charge < -0.3 is 9.72 Å². The number of nitrogens with one attached hydrogen (secondary N) is 1. The number of imidazole rings is 1. The monoisotopic (exact) mass is 414 g/mol. The van der Waals surface area contributed by atoms with E-state index in [0.717, 1.165) is 17.0 Å². The molecular weight excluding hydrogens is 399 g/mol. The van der Waals surface area contributed by atoms with Crippen molar-refractivity contribution in [2.45, 2.75) is 20.4 Å². The quantitative estimate of drug-likeness (QED) is 0.551. The number of halogens is 2. The molecule has 4 heterocycles. The van der Waals surface area contributed by atoms with Gasteiger partial charge in [0.15, 0.2) is 5.82 Å². The fourth-order valence-electron chi connectivity index (χ4n) is 2.93. The van der Waals surface area contributed by atoms with Crippen LogP contribution in [0, 0.1) is 13.8 Å². The molecule has 0 saturated carbocycles. The summed E-state index contributed by atoms with van der Waals surface area (Å²) >= 11 is 12.2. The minimum absolute atomic E-state index is 0.138. The van der Waals surface area contributed by atoms with Gasteiger partial charge in [-0.3, -0.25) is 4.79 Å². The third-order valence-electron chi connectivity index (χ3n) is 4.17. The van der Waals surface area contributed by atoms with E-state index in [9.17, 15) is 4.79 Å². The van der Waals surface area contributed by atoms with Gasteiger partial charge in [-0.05, 0) is 44.2 Å². The van der Waals surface area contributed by atoms with Crippen molar-refractivity contribution in [3.05, 3.63) is 75.5 Å². The fraction of sp³-hybridized carbons (Fsp3) is 0.158. The summed E-state index contributed by atoms with van der Waals surface area (Å²) in [4.78, 5) is 21.5. The predicted octanol–water partition coefficient (Wildman–Crippen LogP) is 3.77. The molecule has 0 saturated heterocycles. The summed E-state index contributed by atoms with van der Waals surface area (Å²) < 4.78 is 3.48. The molecule has 142 valence electrons. The van der Waals surface area contributed by atoms with Crippen molar-refractivity contribution in [2.75, 3.05) is 0 Å². The number of pyridine rings is 2. The maximum atomic E-state index is 12.6. The van der Waals surface area contributed by atoms with E-state index in [-0.39, 0.29) is 23.2 Å². The molecule has 0 bridgehead atoms. The molecule has 1 N–H and O–H groups in total. The Morgan fingerprint density at radius 2 is 1.93 bits per heavy atom. The third kappa shape index (κ3) is 3.58. The lowest BCUT2D eigenvalue weighted by Crippen LogP contribution is -2.25. The van der Waals surface area contributed by atoms with Crippen LogP contribution in [0.2, 0.25) is 10.0 Å². The van der Waals surface area contributed by atoms with Crippen molar-refractivity contribution in [2.24, 2.45) is 0 Å². The van der Waals surface area contributed by atoms with Crippen LogP contribution < -0.4 is 5.32 Å². The lowest BCUT2D eigenvalue weighted by Gasteiger charge is -2.08. The van der Waals surface area contributed by atoms with Gasteiger partial charge in [0.1, 0.15) is 11.3 Å². The molecule has 1 amide bonds. The van der Waals surface area contributed by atoms with Crippen LogP contribution in [0.3, 0.4) is 0 Å². The molecule has 0 radical (unpaired) electrons. The number of aryl methyl sites for hydroxylation is 2. The highest BCUT2D eigenvalue weighted by Gasteiger charge is 2.15. The van der Waals surface area contributed by atoms with Crippen LogP contribution in [0.5, 0.6) is 0 Å². The largest absolute Gasteiger partial charge is 0.345 e. The Hall–Kier alpha value is -2.90. The number of fused-ring (bicyclic) bond motifs is 1. The molecule has 0 aromatic carbocycles. The van der Waals surface area contributed by atoms with Crippen molar-refractivity contribution in [1.82, 2.24) is 29.5 Å². The second kappa shape index (κ2) is 7.26. The van der Waals surface area contributed by atoms with E-state index in [2.05, 4.69) is 20.4 Å². The summed E-state index contributed by atoms with van der Waals surface area (Å²) in [7, 11) is 0. The van der Waals surface area contributed by atoms with E-state index in [0.29, 0.717) is 16.5 Å². The van der Waals surface area contributed by atoms with Gasteiger partial charge in [-0.2, -0.15) is 5.10 Å². The van der Waals surface area contributed by atoms with Crippen molar-refractivity contribution < 1.29 is 4.79 Å². The Morgan fingerprint density at radius 1 is 1.11 bits per heavy atom. The number of nitrogens with zero attached hydrogens (tertiary/aromatic N) is 5. The summed E-state index contributed by atoms with van der Waals surface area (Å²) in [5.41, 5.74) is 3.37. The number of carbonyl (C=O) groups is 1. The van der Waals surface area contributed by atoms with Crippen molar-refractivity contribution in [3.8, 4) is 5.82 Å². The van der Waals surface area contributed by atoms with Gasteiger partial charge in [-0.1, -0.05) is 23.2 Å². The highest BCUT2D eigenvalue weighted by molar-refractivity contribution is 6.33. The number of amides is 1. The first kappa shape index (κ1) is 18.5. The zero-order valence-electron chi connectivity index (χ0n) is 15.1. The molecule has 0 fully saturated rings. The van der Waals surface area contributed by atoms with E-state index in [4.69, 9.17) is 23.2 Å². The normalized spacial score (nSPS) is 11.1. The molecule has 0 aliphatic carbocycles. The predicted molar refractivity (Wildman–Crippen MR) is 107 cm³/mol. The van der Waals surface area contributed by atoms with E-state index in [1.807, 2.05) is 32.2 Å². The van der Waals surface area contributed by atoms with Crippen LogP contribution in [0.15, 0.2) is 42.7 Å². The molecule has 4 aromatic heterocycles. The maximum Gasteiger partial charge on any atom is 0.271 e. The summed E-state index contributed by atoms with van der Waals surface area (Å²) in [5, 5.41) is 8.07. The molecule has 4 aromatic rings. The van der Waals surface area contributed by atoms with E-state index in [1.165, 1.54) is 0 Å². The van der Waals surface area contributed by atoms with Gasteiger partial charge in [0.25, 0.3) is 5.91 Å². The summed E-state index contributed by atoms with van der Waals surface area (Å²) in [6.07, 6.45) is 3.56. The molecule has 0 unspecified atom stereocenters. The van der Waals surface area contributed by atoms with Crippen LogP contribution in [-0.2, 0) is 6.54 Å². The average Bonchev–Trinajstić information content (AvgIpc) is 3.21. The summed E-state index contributed by atoms with van der Waals surface area (Å²) in [6.45, 7) is 4.06. The Labute approximate surface area is 170 Å². The van der Waals surface area contributed by atoms with Crippen molar-refractivity contribution in [1.29, 1.82) is 0 Å². The number of aromatic nitrogens is 5. The van der Waals surface area contributed by atoms with Gasteiger partial charge in [0, 0.05) is 18.1 Å². The van der Waals surface area contributed by atoms with Gasteiger partial charge in [-0.25, -0.2) is 14.6 Å². The Balaban J connectivity index is 1.55. The maximum absolute atomic E-state index is 12.6. The average molecular weight is 415 g/mol. The number of hydrogen-bond acceptors (Lipinski definition) is 4. The Kier molecular flexibility index (Phi) is 4.78.